The van der Waals surface area contributed by atoms with Crippen LogP contribution in [0.1, 0.15) is 0 Å². The van der Waals surface area contributed by atoms with Crippen molar-refractivity contribution in [3.63, 3.8) is 0 Å². The zero-order valence-electron chi connectivity index (χ0n) is 8.23. The fourth-order valence-electron chi connectivity index (χ4n) is 1.39. The normalized spacial score (nSPS) is 8.87. The van der Waals surface area contributed by atoms with Crippen LogP contribution in [0.5, 0.6) is 0 Å². The lowest BCUT2D eigenvalue weighted by Gasteiger charge is -2.06. The highest BCUT2D eigenvalue weighted by Crippen LogP contribution is 2.26. The molecule has 0 amide bonds. The molecule has 0 saturated carbocycles. The highest BCUT2D eigenvalue weighted by atomic mass is 35.5. The zero-order chi connectivity index (χ0) is 9.26. The maximum atomic E-state index is 5.93. The van der Waals surface area contributed by atoms with Crippen molar-refractivity contribution in [2.45, 2.75) is 0 Å². The standard InChI is InChI=1S/C10H11N3.2ClH/c1-12-9-5-4-8-7(10(9)11)3-2-6-13-8;;/h2-6,12H,11H2,1H3;2*1H. The average molecular weight is 246 g/mol. The Morgan fingerprint density at radius 3 is 2.60 bits per heavy atom. The molecule has 0 atom stereocenters. The summed E-state index contributed by atoms with van der Waals surface area (Å²) in [5.74, 6) is 0. The molecule has 0 radical (unpaired) electrons. The summed E-state index contributed by atoms with van der Waals surface area (Å²) in [4.78, 5) is 4.21. The Labute approximate surface area is 101 Å². The van der Waals surface area contributed by atoms with Gasteiger partial charge in [-0.25, -0.2) is 0 Å². The molecule has 0 saturated heterocycles. The molecule has 0 aliphatic rings. The first-order valence-electron chi connectivity index (χ1n) is 4.14. The van der Waals surface area contributed by atoms with Crippen molar-refractivity contribution >= 4 is 47.1 Å². The smallest absolute Gasteiger partial charge is 0.0724 e. The third-order valence-electron chi connectivity index (χ3n) is 2.10. The number of anilines is 2. The van der Waals surface area contributed by atoms with Crippen molar-refractivity contribution in [1.29, 1.82) is 0 Å². The van der Waals surface area contributed by atoms with Crippen molar-refractivity contribution in [2.24, 2.45) is 0 Å². The van der Waals surface area contributed by atoms with E-state index < -0.39 is 0 Å². The van der Waals surface area contributed by atoms with Gasteiger partial charge in [-0.3, -0.25) is 4.98 Å². The van der Waals surface area contributed by atoms with Gasteiger partial charge in [0.2, 0.25) is 0 Å². The van der Waals surface area contributed by atoms with Gasteiger partial charge in [0.25, 0.3) is 0 Å². The Balaban J connectivity index is 0.000000980. The number of halogens is 2. The number of hydrogen-bond acceptors (Lipinski definition) is 3. The van der Waals surface area contributed by atoms with Crippen LogP contribution in [0, 0.1) is 0 Å². The van der Waals surface area contributed by atoms with E-state index in [1.54, 1.807) is 6.20 Å². The number of rotatable bonds is 1. The molecule has 1 heterocycles. The SMILES string of the molecule is CNc1ccc2ncccc2c1N.Cl.Cl. The van der Waals surface area contributed by atoms with Crippen LogP contribution in [0.2, 0.25) is 0 Å². The monoisotopic (exact) mass is 245 g/mol. The van der Waals surface area contributed by atoms with Gasteiger partial charge in [0.1, 0.15) is 0 Å². The maximum Gasteiger partial charge on any atom is 0.0724 e. The Morgan fingerprint density at radius 1 is 1.20 bits per heavy atom. The van der Waals surface area contributed by atoms with Crippen LogP contribution in [0.3, 0.4) is 0 Å². The molecule has 0 spiro atoms. The van der Waals surface area contributed by atoms with Crippen LogP contribution in [0.4, 0.5) is 11.4 Å². The van der Waals surface area contributed by atoms with Gasteiger partial charge in [0, 0.05) is 18.6 Å². The Kier molecular flexibility index (Phi) is 5.19. The van der Waals surface area contributed by atoms with Gasteiger partial charge in [-0.2, -0.15) is 0 Å². The molecule has 0 fully saturated rings. The minimum atomic E-state index is 0. The number of nitrogen functional groups attached to an aromatic ring is 1. The summed E-state index contributed by atoms with van der Waals surface area (Å²) in [7, 11) is 1.86. The second kappa shape index (κ2) is 5.63. The third kappa shape index (κ3) is 2.43. The van der Waals surface area contributed by atoms with E-state index in [1.807, 2.05) is 31.3 Å². The molecule has 0 aliphatic heterocycles. The van der Waals surface area contributed by atoms with E-state index in [0.717, 1.165) is 22.3 Å². The fraction of sp³-hybridized carbons (Fsp3) is 0.100. The van der Waals surface area contributed by atoms with E-state index in [4.69, 9.17) is 5.73 Å². The van der Waals surface area contributed by atoms with Crippen molar-refractivity contribution in [3.05, 3.63) is 30.5 Å². The minimum Gasteiger partial charge on any atom is -0.397 e. The number of nitrogens with zero attached hydrogens (tertiary/aromatic N) is 1. The predicted octanol–water partition coefficient (Wildman–Crippen LogP) is 2.70. The van der Waals surface area contributed by atoms with Crippen LogP contribution >= 0.6 is 24.8 Å². The first-order chi connectivity index (χ1) is 6.33. The highest BCUT2D eigenvalue weighted by Gasteiger charge is 2.01. The van der Waals surface area contributed by atoms with E-state index in [2.05, 4.69) is 10.3 Å². The molecule has 15 heavy (non-hydrogen) atoms. The van der Waals surface area contributed by atoms with Gasteiger partial charge in [-0.05, 0) is 24.3 Å². The summed E-state index contributed by atoms with van der Waals surface area (Å²) in [5, 5.41) is 4.03. The summed E-state index contributed by atoms with van der Waals surface area (Å²) >= 11 is 0. The van der Waals surface area contributed by atoms with Gasteiger partial charge in [0.15, 0.2) is 0 Å². The molecule has 2 rings (SSSR count). The Hall–Kier alpha value is -1.19. The second-order valence-electron chi connectivity index (χ2n) is 2.85. The maximum absolute atomic E-state index is 5.93. The van der Waals surface area contributed by atoms with Gasteiger partial charge in [0.05, 0.1) is 16.9 Å². The number of hydrogen-bond donors (Lipinski definition) is 2. The first-order valence-corrected chi connectivity index (χ1v) is 4.14. The van der Waals surface area contributed by atoms with Crippen LogP contribution < -0.4 is 11.1 Å². The van der Waals surface area contributed by atoms with Gasteiger partial charge < -0.3 is 11.1 Å². The minimum absolute atomic E-state index is 0. The van der Waals surface area contributed by atoms with Crippen LogP contribution in [0.25, 0.3) is 10.9 Å². The van der Waals surface area contributed by atoms with Crippen molar-refractivity contribution < 1.29 is 0 Å². The van der Waals surface area contributed by atoms with E-state index in [0.29, 0.717) is 0 Å². The Bertz CT molecular complexity index is 446. The molecule has 1 aromatic carbocycles. The number of nitrogens with two attached hydrogens (primary N) is 1. The van der Waals surface area contributed by atoms with Gasteiger partial charge >= 0.3 is 0 Å². The lowest BCUT2D eigenvalue weighted by molar-refractivity contribution is 1.41. The topological polar surface area (TPSA) is 50.9 Å². The third-order valence-corrected chi connectivity index (χ3v) is 2.10. The average Bonchev–Trinajstić information content (AvgIpc) is 2.19. The summed E-state index contributed by atoms with van der Waals surface area (Å²) in [6, 6.07) is 7.75. The molecular formula is C10H13Cl2N3. The van der Waals surface area contributed by atoms with Crippen LogP contribution in [0.15, 0.2) is 30.5 Å². The largest absolute Gasteiger partial charge is 0.397 e. The number of fused-ring (bicyclic) bond motifs is 1. The number of nitrogens with one attached hydrogen (secondary N) is 1. The molecule has 0 unspecified atom stereocenters. The molecule has 0 bridgehead atoms. The van der Waals surface area contributed by atoms with Gasteiger partial charge in [-0.1, -0.05) is 0 Å². The van der Waals surface area contributed by atoms with Crippen molar-refractivity contribution in [3.8, 4) is 0 Å². The van der Waals surface area contributed by atoms with Crippen LogP contribution in [-0.4, -0.2) is 12.0 Å². The zero-order valence-corrected chi connectivity index (χ0v) is 9.86. The highest BCUT2D eigenvalue weighted by molar-refractivity contribution is 5.96. The van der Waals surface area contributed by atoms with E-state index in [9.17, 15) is 0 Å². The first kappa shape index (κ1) is 13.8. The molecule has 5 heteroatoms. The Morgan fingerprint density at radius 2 is 1.93 bits per heavy atom. The molecule has 3 N–H and O–H groups in total. The van der Waals surface area contributed by atoms with E-state index >= 15 is 0 Å². The second-order valence-corrected chi connectivity index (χ2v) is 2.85. The summed E-state index contributed by atoms with van der Waals surface area (Å²) in [5.41, 5.74) is 8.56. The number of pyridine rings is 1. The molecule has 0 aliphatic carbocycles. The quantitative estimate of drug-likeness (QED) is 0.760. The van der Waals surface area contributed by atoms with Gasteiger partial charge in [-0.15, -0.1) is 24.8 Å². The molecule has 1 aromatic heterocycles. The predicted molar refractivity (Wildman–Crippen MR) is 70.2 cm³/mol. The van der Waals surface area contributed by atoms with E-state index in [1.165, 1.54) is 0 Å². The van der Waals surface area contributed by atoms with Crippen molar-refractivity contribution in [1.82, 2.24) is 4.98 Å². The van der Waals surface area contributed by atoms with Crippen LogP contribution in [-0.2, 0) is 0 Å². The van der Waals surface area contributed by atoms with E-state index in [-0.39, 0.29) is 24.8 Å². The fourth-order valence-corrected chi connectivity index (χ4v) is 1.39. The van der Waals surface area contributed by atoms with Crippen molar-refractivity contribution in [2.75, 3.05) is 18.1 Å². The summed E-state index contributed by atoms with van der Waals surface area (Å²) in [6.07, 6.45) is 1.76. The number of benzene rings is 1. The molecular weight excluding hydrogens is 233 g/mol. The lowest BCUT2D eigenvalue weighted by atomic mass is 10.1. The molecule has 2 aromatic rings. The lowest BCUT2D eigenvalue weighted by Crippen LogP contribution is -1.96. The molecule has 82 valence electrons. The number of aromatic nitrogens is 1. The summed E-state index contributed by atoms with van der Waals surface area (Å²) in [6.45, 7) is 0. The molecule has 3 nitrogen and oxygen atoms in total. The summed E-state index contributed by atoms with van der Waals surface area (Å²) < 4.78 is 0.